The number of ether oxygens (including phenoxy) is 2. The number of benzene rings is 1. The predicted molar refractivity (Wildman–Crippen MR) is 97.2 cm³/mol. The molecule has 0 unspecified atom stereocenters. The second-order valence-electron chi connectivity index (χ2n) is 6.07. The van der Waals surface area contributed by atoms with Crippen LogP contribution in [0.3, 0.4) is 0 Å². The normalized spacial score (nSPS) is 16.3. The molecule has 0 fully saturated rings. The Morgan fingerprint density at radius 2 is 2.11 bits per heavy atom. The van der Waals surface area contributed by atoms with Gasteiger partial charge in [-0.05, 0) is 29.1 Å². The van der Waals surface area contributed by atoms with Crippen molar-refractivity contribution in [2.75, 3.05) is 7.11 Å². The lowest BCUT2D eigenvalue weighted by molar-refractivity contribution is -0.00119. The summed E-state index contributed by atoms with van der Waals surface area (Å²) < 4.78 is 18.5. The van der Waals surface area contributed by atoms with Gasteiger partial charge < -0.3 is 14.0 Å². The van der Waals surface area contributed by atoms with Gasteiger partial charge in [0.2, 0.25) is 5.82 Å². The summed E-state index contributed by atoms with van der Waals surface area (Å²) in [5.41, 5.74) is 3.39. The first-order valence-corrected chi connectivity index (χ1v) is 9.30. The van der Waals surface area contributed by atoms with Crippen LogP contribution < -0.4 is 4.74 Å². The van der Waals surface area contributed by atoms with Crippen LogP contribution in [0.1, 0.15) is 17.4 Å². The average molecular weight is 381 g/mol. The number of hydrogen-bond donors (Lipinski definition) is 0. The van der Waals surface area contributed by atoms with Crippen molar-refractivity contribution in [1.29, 1.82) is 0 Å². The minimum absolute atomic E-state index is 0.0954. The van der Waals surface area contributed by atoms with Crippen LogP contribution in [0.25, 0.3) is 23.0 Å². The third-order valence-corrected chi connectivity index (χ3v) is 5.18. The third kappa shape index (κ3) is 2.90. The smallest absolute Gasteiger partial charge is 0.280 e. The maximum absolute atomic E-state index is 6.03. The molecule has 3 aromatic heterocycles. The van der Waals surface area contributed by atoms with Crippen LogP contribution in [-0.2, 0) is 17.9 Å². The van der Waals surface area contributed by atoms with Gasteiger partial charge in [-0.3, -0.25) is 0 Å². The maximum atomic E-state index is 6.03. The molecule has 8 nitrogen and oxygen atoms in total. The van der Waals surface area contributed by atoms with Gasteiger partial charge in [-0.2, -0.15) is 16.3 Å². The van der Waals surface area contributed by atoms with Gasteiger partial charge in [0.05, 0.1) is 26.0 Å². The van der Waals surface area contributed by atoms with E-state index in [-0.39, 0.29) is 6.10 Å². The molecule has 1 aromatic carbocycles. The van der Waals surface area contributed by atoms with Gasteiger partial charge in [-0.1, -0.05) is 22.5 Å². The van der Waals surface area contributed by atoms with E-state index >= 15 is 0 Å². The van der Waals surface area contributed by atoms with Crippen LogP contribution >= 0.6 is 11.3 Å². The number of hydrogen-bond acceptors (Lipinski definition) is 8. The van der Waals surface area contributed by atoms with E-state index in [4.69, 9.17) is 14.0 Å². The summed E-state index contributed by atoms with van der Waals surface area (Å²) >= 11 is 1.58. The van der Waals surface area contributed by atoms with E-state index in [9.17, 15) is 0 Å². The van der Waals surface area contributed by atoms with Crippen LogP contribution in [0.2, 0.25) is 0 Å². The van der Waals surface area contributed by atoms with Crippen LogP contribution in [0, 0.1) is 0 Å². The molecule has 0 aliphatic carbocycles. The quantitative estimate of drug-likeness (QED) is 0.536. The van der Waals surface area contributed by atoms with Gasteiger partial charge in [-0.25, -0.2) is 4.68 Å². The number of fused-ring (bicyclic) bond motifs is 1. The Morgan fingerprint density at radius 1 is 1.22 bits per heavy atom. The van der Waals surface area contributed by atoms with Crippen molar-refractivity contribution < 1.29 is 14.0 Å². The average Bonchev–Trinajstić information content (AvgIpc) is 3.46. The molecule has 9 heteroatoms. The highest BCUT2D eigenvalue weighted by atomic mass is 32.1. The van der Waals surface area contributed by atoms with E-state index in [0.29, 0.717) is 30.6 Å². The first-order chi connectivity index (χ1) is 13.3. The van der Waals surface area contributed by atoms with Crippen molar-refractivity contribution in [3.63, 3.8) is 0 Å². The van der Waals surface area contributed by atoms with Crippen LogP contribution in [0.5, 0.6) is 5.75 Å². The first-order valence-electron chi connectivity index (χ1n) is 8.36. The first kappa shape index (κ1) is 16.2. The van der Waals surface area contributed by atoms with E-state index < -0.39 is 0 Å². The van der Waals surface area contributed by atoms with E-state index in [1.165, 1.54) is 0 Å². The molecule has 0 radical (unpaired) electrons. The number of nitrogens with zero attached hydrogens (tertiary/aromatic N) is 5. The molecule has 136 valence electrons. The van der Waals surface area contributed by atoms with E-state index in [1.54, 1.807) is 18.4 Å². The fourth-order valence-electron chi connectivity index (χ4n) is 3.03. The van der Waals surface area contributed by atoms with Gasteiger partial charge >= 0.3 is 0 Å². The lowest BCUT2D eigenvalue weighted by atomic mass is 10.1. The molecule has 27 heavy (non-hydrogen) atoms. The minimum Gasteiger partial charge on any atom is -0.497 e. The Morgan fingerprint density at radius 3 is 2.89 bits per heavy atom. The largest absolute Gasteiger partial charge is 0.497 e. The molecular weight excluding hydrogens is 366 g/mol. The van der Waals surface area contributed by atoms with Gasteiger partial charge in [0, 0.05) is 10.9 Å². The Hall–Kier alpha value is -3.04. The molecule has 4 aromatic rings. The zero-order valence-electron chi connectivity index (χ0n) is 14.4. The lowest BCUT2D eigenvalue weighted by Gasteiger charge is -2.24. The summed E-state index contributed by atoms with van der Waals surface area (Å²) in [7, 11) is 1.65. The van der Waals surface area contributed by atoms with Gasteiger partial charge in [0.25, 0.3) is 5.89 Å². The molecule has 1 aliphatic rings. The summed E-state index contributed by atoms with van der Waals surface area (Å²) in [5, 5.41) is 16.5. The summed E-state index contributed by atoms with van der Waals surface area (Å²) in [6, 6.07) is 9.79. The van der Waals surface area contributed by atoms with Gasteiger partial charge in [0.15, 0.2) is 5.69 Å². The van der Waals surface area contributed by atoms with Crippen molar-refractivity contribution in [3.05, 3.63) is 52.3 Å². The van der Waals surface area contributed by atoms with Crippen LogP contribution in [-0.4, -0.2) is 32.2 Å². The van der Waals surface area contributed by atoms with Crippen LogP contribution in [0.15, 0.2) is 45.6 Å². The van der Waals surface area contributed by atoms with E-state index in [0.717, 1.165) is 22.6 Å². The van der Waals surface area contributed by atoms with Crippen LogP contribution in [0.4, 0.5) is 0 Å². The molecule has 0 bridgehead atoms. The fourth-order valence-corrected chi connectivity index (χ4v) is 3.66. The van der Waals surface area contributed by atoms with E-state index in [2.05, 4.69) is 20.5 Å². The van der Waals surface area contributed by atoms with Crippen molar-refractivity contribution >= 4 is 11.3 Å². The number of aromatic nitrogens is 5. The highest BCUT2D eigenvalue weighted by molar-refractivity contribution is 7.08. The highest BCUT2D eigenvalue weighted by Gasteiger charge is 2.28. The molecular formula is C18H15N5O3S. The van der Waals surface area contributed by atoms with Crippen molar-refractivity contribution in [3.8, 4) is 28.7 Å². The molecule has 1 atom stereocenters. The summed E-state index contributed by atoms with van der Waals surface area (Å²) in [5.74, 6) is 1.71. The van der Waals surface area contributed by atoms with E-state index in [1.807, 2.05) is 45.8 Å². The summed E-state index contributed by atoms with van der Waals surface area (Å²) in [6.07, 6.45) is -0.0954. The summed E-state index contributed by atoms with van der Waals surface area (Å²) in [4.78, 5) is 4.44. The van der Waals surface area contributed by atoms with Gasteiger partial charge in [-0.15, -0.1) is 5.10 Å². The Balaban J connectivity index is 1.40. The second-order valence-corrected chi connectivity index (χ2v) is 6.85. The standard InChI is InChI=1S/C18H15N5O3S/c1-24-13-4-2-11(3-5-13)15-8-23-14(9-25-15)16(20-22-23)18-19-17(21-26-18)12-6-7-27-10-12/h2-7,10,15H,8-9H2,1H3/t15-/m0/s1. The minimum atomic E-state index is -0.0954. The zero-order chi connectivity index (χ0) is 18.2. The Bertz CT molecular complexity index is 1060. The molecule has 0 saturated carbocycles. The third-order valence-electron chi connectivity index (χ3n) is 4.49. The molecule has 0 saturated heterocycles. The SMILES string of the molecule is COc1ccc([C@@H]2Cn3nnc(-c4nc(-c5ccsc5)no4)c3CO2)cc1. The topological polar surface area (TPSA) is 88.1 Å². The molecule has 1 aliphatic heterocycles. The molecule has 0 amide bonds. The molecule has 0 spiro atoms. The van der Waals surface area contributed by atoms with Crippen molar-refractivity contribution in [2.24, 2.45) is 0 Å². The monoisotopic (exact) mass is 381 g/mol. The second kappa shape index (κ2) is 6.60. The van der Waals surface area contributed by atoms with Crippen molar-refractivity contribution in [2.45, 2.75) is 19.3 Å². The highest BCUT2D eigenvalue weighted by Crippen LogP contribution is 2.31. The van der Waals surface area contributed by atoms with Gasteiger partial charge in [0.1, 0.15) is 11.9 Å². The zero-order valence-corrected chi connectivity index (χ0v) is 15.2. The number of rotatable bonds is 4. The molecule has 4 heterocycles. The maximum Gasteiger partial charge on any atom is 0.280 e. The predicted octanol–water partition coefficient (Wildman–Crippen LogP) is 3.34. The Kier molecular flexibility index (Phi) is 3.95. The summed E-state index contributed by atoms with van der Waals surface area (Å²) in [6.45, 7) is 0.940. The number of thiophene rings is 1. The van der Waals surface area contributed by atoms with Crippen molar-refractivity contribution in [1.82, 2.24) is 25.1 Å². The fraction of sp³-hybridized carbons (Fsp3) is 0.222. The Labute approximate surface area is 158 Å². The molecule has 5 rings (SSSR count). The number of methoxy groups -OCH3 is 1. The molecule has 0 N–H and O–H groups in total. The lowest BCUT2D eigenvalue weighted by Crippen LogP contribution is -2.22.